The first-order chi connectivity index (χ1) is 19.3. The molecule has 0 spiro atoms. The summed E-state index contributed by atoms with van der Waals surface area (Å²) in [7, 11) is 0. The van der Waals surface area contributed by atoms with E-state index in [1.165, 1.54) is 18.2 Å². The van der Waals surface area contributed by atoms with Crippen molar-refractivity contribution in [3.05, 3.63) is 65.5 Å². The Morgan fingerprint density at radius 3 is 2.58 bits per heavy atom. The average Bonchev–Trinajstić information content (AvgIpc) is 2.96. The summed E-state index contributed by atoms with van der Waals surface area (Å²) in [5, 5.41) is 20.0. The first kappa shape index (κ1) is 29.0. The minimum Gasteiger partial charge on any atom is -0.491 e. The lowest BCUT2D eigenvalue weighted by Crippen LogP contribution is -2.55. The number of carbonyl (C=O) groups excluding carboxylic acids is 4. The number of amides is 4. The molecule has 2 heterocycles. The van der Waals surface area contributed by atoms with Gasteiger partial charge in [-0.3, -0.25) is 19.2 Å². The van der Waals surface area contributed by atoms with Crippen molar-refractivity contribution < 1.29 is 38.1 Å². The predicted octanol–water partition coefficient (Wildman–Crippen LogP) is 0.165. The van der Waals surface area contributed by atoms with Crippen LogP contribution in [0.25, 0.3) is 0 Å². The van der Waals surface area contributed by atoms with Crippen molar-refractivity contribution in [1.82, 2.24) is 21.3 Å². The van der Waals surface area contributed by atoms with E-state index >= 15 is 0 Å². The van der Waals surface area contributed by atoms with Crippen molar-refractivity contribution in [2.24, 2.45) is 0 Å². The zero-order chi connectivity index (χ0) is 28.5. The molecule has 2 aromatic carbocycles. The van der Waals surface area contributed by atoms with Gasteiger partial charge in [0, 0.05) is 25.2 Å². The Hall–Kier alpha value is -4.03. The van der Waals surface area contributed by atoms with E-state index in [-0.39, 0.29) is 31.0 Å². The molecule has 1 saturated heterocycles. The lowest BCUT2D eigenvalue weighted by Gasteiger charge is -2.38. The van der Waals surface area contributed by atoms with Crippen LogP contribution in [-0.4, -0.2) is 80.3 Å². The fraction of sp³-hybridized carbons (Fsp3) is 0.429. The number of benzene rings is 2. The second kappa shape index (κ2) is 13.4. The summed E-state index contributed by atoms with van der Waals surface area (Å²) in [4.78, 5) is 52.0. The van der Waals surface area contributed by atoms with Crippen LogP contribution in [0.2, 0.25) is 0 Å². The van der Waals surface area contributed by atoms with Crippen LogP contribution in [0.4, 0.5) is 4.39 Å². The number of halogens is 1. The molecule has 12 heteroatoms. The molecular weight excluding hydrogens is 523 g/mol. The smallest absolute Gasteiger partial charge is 0.255 e. The highest BCUT2D eigenvalue weighted by atomic mass is 19.1. The van der Waals surface area contributed by atoms with Crippen LogP contribution in [0.5, 0.6) is 5.75 Å². The summed E-state index contributed by atoms with van der Waals surface area (Å²) in [6.07, 6.45) is 0.568. The number of aliphatic hydroxyl groups excluding tert-OH is 1. The highest BCUT2D eigenvalue weighted by Crippen LogP contribution is 2.34. The van der Waals surface area contributed by atoms with E-state index in [4.69, 9.17) is 9.47 Å². The van der Waals surface area contributed by atoms with Gasteiger partial charge in [0.15, 0.2) is 0 Å². The van der Waals surface area contributed by atoms with Gasteiger partial charge < -0.3 is 35.8 Å². The fourth-order valence-electron chi connectivity index (χ4n) is 4.84. The van der Waals surface area contributed by atoms with Gasteiger partial charge in [-0.05, 0) is 42.7 Å². The number of nitrogens with one attached hydrogen (secondary N) is 4. The molecule has 4 rings (SSSR count). The predicted molar refractivity (Wildman–Crippen MR) is 141 cm³/mol. The maximum absolute atomic E-state index is 14.1. The van der Waals surface area contributed by atoms with Crippen LogP contribution in [0.1, 0.15) is 35.2 Å². The van der Waals surface area contributed by atoms with E-state index in [2.05, 4.69) is 21.3 Å². The molecule has 2 aromatic rings. The van der Waals surface area contributed by atoms with Gasteiger partial charge in [0.05, 0.1) is 25.1 Å². The zero-order valence-electron chi connectivity index (χ0n) is 21.9. The molecule has 2 atom stereocenters. The highest BCUT2D eigenvalue weighted by molar-refractivity contribution is 6.01. The largest absolute Gasteiger partial charge is 0.491 e. The molecule has 0 saturated carbocycles. The minimum atomic E-state index is -1.32. The van der Waals surface area contributed by atoms with Gasteiger partial charge in [-0.15, -0.1) is 0 Å². The standard InChI is InChI=1S/C28H33FN4O7/c29-19-5-3-4-18(14-19)28(8-11-39-12-9-28)17-31-26(37)21-15-24(35)32-22(16-34)27(38)30-10-13-40-23-7-2-1-6-20(23)25(36)33-21/h1-7,14,21-22,34H,8-13,15-17H2,(H,30,38)(H,31,37)(H,32,35)(H,33,36)/t21-,22-/m0/s1. The molecule has 40 heavy (non-hydrogen) atoms. The Labute approximate surface area is 230 Å². The van der Waals surface area contributed by atoms with Crippen molar-refractivity contribution >= 4 is 23.6 Å². The van der Waals surface area contributed by atoms with Crippen molar-refractivity contribution in [2.75, 3.05) is 39.5 Å². The fourth-order valence-corrected chi connectivity index (χ4v) is 4.84. The van der Waals surface area contributed by atoms with Gasteiger partial charge in [-0.1, -0.05) is 24.3 Å². The molecule has 0 aromatic heterocycles. The second-order valence-electron chi connectivity index (χ2n) is 9.79. The van der Waals surface area contributed by atoms with Gasteiger partial charge in [-0.25, -0.2) is 4.39 Å². The molecule has 0 unspecified atom stereocenters. The third-order valence-electron chi connectivity index (χ3n) is 7.12. The molecule has 214 valence electrons. The minimum absolute atomic E-state index is 0.0257. The Balaban J connectivity index is 1.57. The third kappa shape index (κ3) is 7.13. The quantitative estimate of drug-likeness (QED) is 0.352. The van der Waals surface area contributed by atoms with Crippen LogP contribution < -0.4 is 26.0 Å². The molecule has 11 nitrogen and oxygen atoms in total. The molecule has 5 N–H and O–H groups in total. The number of hydrogen-bond acceptors (Lipinski definition) is 7. The monoisotopic (exact) mass is 556 g/mol. The van der Waals surface area contributed by atoms with Crippen LogP contribution in [-0.2, 0) is 24.5 Å². The van der Waals surface area contributed by atoms with Gasteiger partial charge in [-0.2, -0.15) is 0 Å². The molecule has 2 aliphatic rings. The summed E-state index contributed by atoms with van der Waals surface area (Å²) in [6, 6.07) is 10.0. The number of rotatable bonds is 5. The van der Waals surface area contributed by atoms with E-state index in [1.807, 2.05) is 0 Å². The topological polar surface area (TPSA) is 155 Å². The Bertz CT molecular complexity index is 1230. The maximum Gasteiger partial charge on any atom is 0.255 e. The number of aliphatic hydroxyl groups is 1. The average molecular weight is 557 g/mol. The molecule has 4 amide bonds. The summed E-state index contributed by atoms with van der Waals surface area (Å²) >= 11 is 0. The number of fused-ring (bicyclic) bond motifs is 1. The first-order valence-electron chi connectivity index (χ1n) is 13.1. The van der Waals surface area contributed by atoms with Crippen molar-refractivity contribution in [1.29, 1.82) is 0 Å². The van der Waals surface area contributed by atoms with Gasteiger partial charge >= 0.3 is 0 Å². The van der Waals surface area contributed by atoms with E-state index in [1.54, 1.807) is 30.3 Å². The number of ether oxygens (including phenoxy) is 2. The Morgan fingerprint density at radius 2 is 1.82 bits per heavy atom. The highest BCUT2D eigenvalue weighted by Gasteiger charge is 2.36. The van der Waals surface area contributed by atoms with E-state index in [0.717, 1.165) is 0 Å². The van der Waals surface area contributed by atoms with Crippen LogP contribution in [0.3, 0.4) is 0 Å². The summed E-state index contributed by atoms with van der Waals surface area (Å²) < 4.78 is 25.3. The summed E-state index contributed by atoms with van der Waals surface area (Å²) in [5.74, 6) is -2.77. The molecule has 2 aliphatic heterocycles. The lowest BCUT2D eigenvalue weighted by atomic mass is 9.74. The molecule has 0 radical (unpaired) electrons. The summed E-state index contributed by atoms with van der Waals surface area (Å²) in [6.45, 7) is 0.408. The summed E-state index contributed by atoms with van der Waals surface area (Å²) in [5.41, 5.74) is 0.259. The lowest BCUT2D eigenvalue weighted by molar-refractivity contribution is -0.132. The molecule has 1 fully saturated rings. The van der Waals surface area contributed by atoms with Gasteiger partial charge in [0.2, 0.25) is 17.7 Å². The number of para-hydroxylation sites is 1. The third-order valence-corrected chi connectivity index (χ3v) is 7.12. The van der Waals surface area contributed by atoms with Crippen LogP contribution in [0.15, 0.2) is 48.5 Å². The van der Waals surface area contributed by atoms with E-state index < -0.39 is 60.0 Å². The number of hydrogen-bond donors (Lipinski definition) is 5. The first-order valence-corrected chi connectivity index (χ1v) is 13.1. The molecular formula is C28H33FN4O7. The normalized spacial score (nSPS) is 21.9. The Morgan fingerprint density at radius 1 is 1.05 bits per heavy atom. The van der Waals surface area contributed by atoms with Crippen molar-refractivity contribution in [3.63, 3.8) is 0 Å². The molecule has 0 bridgehead atoms. The van der Waals surface area contributed by atoms with Gasteiger partial charge in [0.1, 0.15) is 30.3 Å². The Kier molecular flexibility index (Phi) is 9.67. The second-order valence-corrected chi connectivity index (χ2v) is 9.79. The number of carbonyl (C=O) groups is 4. The SMILES string of the molecule is O=C1C[C@@H](C(=O)NCC2(c3cccc(F)c3)CCOCC2)NC(=O)c2ccccc2OCCNC(=O)[C@H](CO)N1. The maximum atomic E-state index is 14.1. The van der Waals surface area contributed by atoms with E-state index in [9.17, 15) is 28.7 Å². The van der Waals surface area contributed by atoms with E-state index in [0.29, 0.717) is 31.6 Å². The van der Waals surface area contributed by atoms with Gasteiger partial charge in [0.25, 0.3) is 5.91 Å². The van der Waals surface area contributed by atoms with Crippen molar-refractivity contribution in [3.8, 4) is 5.75 Å². The zero-order valence-corrected chi connectivity index (χ0v) is 21.9. The van der Waals surface area contributed by atoms with Crippen LogP contribution in [0, 0.1) is 5.82 Å². The van der Waals surface area contributed by atoms with Crippen LogP contribution >= 0.6 is 0 Å². The van der Waals surface area contributed by atoms with Crippen molar-refractivity contribution in [2.45, 2.75) is 36.8 Å². The molecule has 0 aliphatic carbocycles.